The quantitative estimate of drug-likeness (QED) is 0.435. The summed E-state index contributed by atoms with van der Waals surface area (Å²) in [5.41, 5.74) is 2.85. The summed E-state index contributed by atoms with van der Waals surface area (Å²) in [5.74, 6) is 0. The first kappa shape index (κ1) is 9.82. The molecule has 0 aromatic heterocycles. The molecule has 0 bridgehead atoms. The van der Waals surface area contributed by atoms with Crippen molar-refractivity contribution >= 4 is 12.4 Å². The zero-order valence-electron chi connectivity index (χ0n) is 7.39. The van der Waals surface area contributed by atoms with Crippen LogP contribution in [0.3, 0.4) is 0 Å². The Morgan fingerprint density at radius 2 is 1.91 bits per heavy atom. The topological polar surface area (TPSA) is 24.7 Å². The fourth-order valence-electron chi connectivity index (χ4n) is 0.724. The van der Waals surface area contributed by atoms with Crippen LogP contribution in [-0.4, -0.2) is 19.5 Å². The van der Waals surface area contributed by atoms with Crippen LogP contribution in [0.4, 0.5) is 0 Å². The Hall–Kier alpha value is -1.18. The molecule has 0 atom stereocenters. The molecule has 0 unspecified atom stereocenters. The van der Waals surface area contributed by atoms with Crippen LogP contribution in [0.15, 0.2) is 33.9 Å². The molecule has 0 aliphatic rings. The van der Waals surface area contributed by atoms with Gasteiger partial charge in [-0.25, -0.2) is 0 Å². The summed E-state index contributed by atoms with van der Waals surface area (Å²) in [6.45, 7) is 11.0. The van der Waals surface area contributed by atoms with E-state index in [1.54, 1.807) is 13.2 Å². The summed E-state index contributed by atoms with van der Waals surface area (Å²) in [6.07, 6.45) is 1.67. The van der Waals surface area contributed by atoms with Crippen molar-refractivity contribution in [3.63, 3.8) is 0 Å². The van der Waals surface area contributed by atoms with Gasteiger partial charge in [0.1, 0.15) is 0 Å². The summed E-state index contributed by atoms with van der Waals surface area (Å²) in [5, 5.41) is 0. The molecule has 0 heterocycles. The second kappa shape index (κ2) is 4.61. The van der Waals surface area contributed by atoms with Crippen molar-refractivity contribution in [1.29, 1.82) is 0 Å². The summed E-state index contributed by atoms with van der Waals surface area (Å²) in [4.78, 5) is 7.70. The van der Waals surface area contributed by atoms with Crippen molar-refractivity contribution < 1.29 is 0 Å². The highest BCUT2D eigenvalue weighted by atomic mass is 14.7. The van der Waals surface area contributed by atoms with Crippen molar-refractivity contribution in [2.45, 2.75) is 13.8 Å². The average Bonchev–Trinajstić information content (AvgIpc) is 1.98. The normalized spacial score (nSPS) is 13.0. The van der Waals surface area contributed by atoms with E-state index in [0.717, 1.165) is 16.9 Å². The molecule has 11 heavy (non-hydrogen) atoms. The summed E-state index contributed by atoms with van der Waals surface area (Å²) >= 11 is 0. The minimum Gasteiger partial charge on any atom is -0.293 e. The molecule has 0 saturated heterocycles. The Balaban J connectivity index is 4.76. The molecule has 0 aromatic rings. The van der Waals surface area contributed by atoms with E-state index < -0.39 is 0 Å². The smallest absolute Gasteiger partial charge is 0.0404 e. The first-order valence-electron chi connectivity index (χ1n) is 3.39. The van der Waals surface area contributed by atoms with E-state index in [4.69, 9.17) is 0 Å². The van der Waals surface area contributed by atoms with Gasteiger partial charge in [0.05, 0.1) is 0 Å². The van der Waals surface area contributed by atoms with Crippen molar-refractivity contribution in [2.24, 2.45) is 9.98 Å². The van der Waals surface area contributed by atoms with Gasteiger partial charge in [0, 0.05) is 24.5 Å². The number of aliphatic imine (C=N–C) groups is 2. The number of allylic oxidation sites excluding steroid dienone is 2. The fourth-order valence-corrected chi connectivity index (χ4v) is 0.724. The van der Waals surface area contributed by atoms with Crippen LogP contribution < -0.4 is 0 Å². The molecule has 0 aromatic carbocycles. The Morgan fingerprint density at radius 1 is 1.36 bits per heavy atom. The van der Waals surface area contributed by atoms with E-state index in [9.17, 15) is 0 Å². The zero-order valence-corrected chi connectivity index (χ0v) is 7.39. The van der Waals surface area contributed by atoms with Crippen molar-refractivity contribution in [2.75, 3.05) is 7.05 Å². The van der Waals surface area contributed by atoms with Gasteiger partial charge in [-0.05, 0) is 26.1 Å². The van der Waals surface area contributed by atoms with Gasteiger partial charge in [-0.15, -0.1) is 0 Å². The third-order valence-corrected chi connectivity index (χ3v) is 1.41. The molecule has 0 aliphatic heterocycles. The molecular weight excluding hydrogens is 136 g/mol. The minimum atomic E-state index is 0.935. The second-order valence-corrected chi connectivity index (χ2v) is 2.31. The van der Waals surface area contributed by atoms with Crippen LogP contribution in [0, 0.1) is 0 Å². The highest BCUT2D eigenvalue weighted by molar-refractivity contribution is 6.01. The lowest BCUT2D eigenvalue weighted by molar-refractivity contribution is 1.36. The lowest BCUT2D eigenvalue weighted by Gasteiger charge is -2.02. The predicted octanol–water partition coefficient (Wildman–Crippen LogP) is 2.24. The lowest BCUT2D eigenvalue weighted by atomic mass is 10.1. The fraction of sp³-hybridized carbons (Fsp3) is 0.333. The molecular formula is C9H14N2. The molecule has 0 aliphatic carbocycles. The number of hydrogen-bond donors (Lipinski definition) is 0. The van der Waals surface area contributed by atoms with Gasteiger partial charge < -0.3 is 0 Å². The molecule has 0 spiro atoms. The van der Waals surface area contributed by atoms with Gasteiger partial charge in [-0.2, -0.15) is 0 Å². The van der Waals surface area contributed by atoms with E-state index in [1.807, 2.05) is 13.8 Å². The van der Waals surface area contributed by atoms with Crippen molar-refractivity contribution in [3.05, 3.63) is 23.9 Å². The van der Waals surface area contributed by atoms with Crippen LogP contribution in [0.25, 0.3) is 0 Å². The maximum Gasteiger partial charge on any atom is 0.0404 e. The molecule has 0 rings (SSSR count). The third kappa shape index (κ3) is 2.94. The molecule has 2 nitrogen and oxygen atoms in total. The monoisotopic (exact) mass is 150 g/mol. The second-order valence-electron chi connectivity index (χ2n) is 2.31. The SMILES string of the molecule is C=N/C=C(/C(=C)C)C(C)=NC. The van der Waals surface area contributed by atoms with E-state index in [-0.39, 0.29) is 0 Å². The Kier molecular flexibility index (Phi) is 4.11. The zero-order chi connectivity index (χ0) is 8.85. The maximum atomic E-state index is 4.03. The Bertz CT molecular complexity index is 222. The first-order valence-corrected chi connectivity index (χ1v) is 3.39. The largest absolute Gasteiger partial charge is 0.293 e. The Labute approximate surface area is 68.1 Å². The number of nitrogens with zero attached hydrogens (tertiary/aromatic N) is 2. The molecule has 60 valence electrons. The Morgan fingerprint density at radius 3 is 2.18 bits per heavy atom. The van der Waals surface area contributed by atoms with Crippen LogP contribution in [-0.2, 0) is 0 Å². The van der Waals surface area contributed by atoms with Crippen LogP contribution in [0.5, 0.6) is 0 Å². The highest BCUT2D eigenvalue weighted by Gasteiger charge is 1.99. The molecule has 0 amide bonds. The van der Waals surface area contributed by atoms with E-state index in [0.29, 0.717) is 0 Å². The van der Waals surface area contributed by atoms with Crippen LogP contribution >= 0.6 is 0 Å². The number of rotatable bonds is 3. The van der Waals surface area contributed by atoms with Crippen LogP contribution in [0.1, 0.15) is 13.8 Å². The highest BCUT2D eigenvalue weighted by Crippen LogP contribution is 2.08. The van der Waals surface area contributed by atoms with Gasteiger partial charge in [0.25, 0.3) is 0 Å². The minimum absolute atomic E-state index is 0.935. The van der Waals surface area contributed by atoms with E-state index in [1.165, 1.54) is 0 Å². The molecule has 0 fully saturated rings. The van der Waals surface area contributed by atoms with Crippen molar-refractivity contribution in [3.8, 4) is 0 Å². The van der Waals surface area contributed by atoms with Gasteiger partial charge in [-0.3, -0.25) is 9.98 Å². The van der Waals surface area contributed by atoms with E-state index >= 15 is 0 Å². The third-order valence-electron chi connectivity index (χ3n) is 1.41. The molecule has 0 N–H and O–H groups in total. The maximum absolute atomic E-state index is 4.03. The predicted molar refractivity (Wildman–Crippen MR) is 51.5 cm³/mol. The van der Waals surface area contributed by atoms with E-state index in [2.05, 4.69) is 23.3 Å². The van der Waals surface area contributed by atoms with Crippen molar-refractivity contribution in [1.82, 2.24) is 0 Å². The van der Waals surface area contributed by atoms with Gasteiger partial charge in [-0.1, -0.05) is 6.58 Å². The standard InChI is InChI=1S/C9H14N2/c1-7(2)9(6-10-4)8(3)11-5/h6H,1,4H2,2-3,5H3/b9-6-,11-8?. The van der Waals surface area contributed by atoms with Gasteiger partial charge in [0.15, 0.2) is 0 Å². The molecule has 0 radical (unpaired) electrons. The number of hydrogen-bond acceptors (Lipinski definition) is 2. The molecule has 2 heteroatoms. The van der Waals surface area contributed by atoms with Crippen LogP contribution in [0.2, 0.25) is 0 Å². The lowest BCUT2D eigenvalue weighted by Crippen LogP contribution is -1.97. The summed E-state index contributed by atoms with van der Waals surface area (Å²) in [6, 6.07) is 0. The average molecular weight is 150 g/mol. The van der Waals surface area contributed by atoms with Gasteiger partial charge in [0.2, 0.25) is 0 Å². The first-order chi connectivity index (χ1) is 5.13. The summed E-state index contributed by atoms with van der Waals surface area (Å²) in [7, 11) is 1.75. The summed E-state index contributed by atoms with van der Waals surface area (Å²) < 4.78 is 0. The molecule has 0 saturated carbocycles. The van der Waals surface area contributed by atoms with Gasteiger partial charge >= 0.3 is 0 Å².